The number of anilines is 2. The predicted octanol–water partition coefficient (Wildman–Crippen LogP) is 1.40. The lowest BCUT2D eigenvalue weighted by Gasteiger charge is -2.16. The van der Waals surface area contributed by atoms with Crippen molar-refractivity contribution in [3.63, 3.8) is 0 Å². The Kier molecular flexibility index (Phi) is 6.62. The van der Waals surface area contributed by atoms with E-state index in [0.717, 1.165) is 49.2 Å². The maximum Gasteiger partial charge on any atom is 0.277 e. The highest BCUT2D eigenvalue weighted by Crippen LogP contribution is 2.24. The normalized spacial score (nSPS) is 11.2. The number of amides is 1. The van der Waals surface area contributed by atoms with Crippen LogP contribution in [0, 0.1) is 5.41 Å². The third-order valence-corrected chi connectivity index (χ3v) is 5.94. The first-order chi connectivity index (χ1) is 16.5. The van der Waals surface area contributed by atoms with Gasteiger partial charge in [0.25, 0.3) is 5.82 Å². The fraction of sp³-hybridized carbons (Fsp3) is 0.348. The van der Waals surface area contributed by atoms with E-state index in [-0.39, 0.29) is 11.8 Å². The van der Waals surface area contributed by atoms with Gasteiger partial charge in [0.1, 0.15) is 12.1 Å². The molecule has 0 atom stereocenters. The molecule has 0 bridgehead atoms. The van der Waals surface area contributed by atoms with E-state index in [4.69, 9.17) is 16.9 Å². The Morgan fingerprint density at radius 1 is 1.32 bits per heavy atom. The van der Waals surface area contributed by atoms with E-state index in [0.29, 0.717) is 30.1 Å². The van der Waals surface area contributed by atoms with Crippen LogP contribution in [0.15, 0.2) is 30.5 Å². The molecular formula is C23H31N10O+. The Hall–Kier alpha value is -4.15. The van der Waals surface area contributed by atoms with Crippen molar-refractivity contribution >= 4 is 46.2 Å². The number of rotatable bonds is 10. The number of nitrogen functional groups attached to an aromatic ring is 1. The van der Waals surface area contributed by atoms with Crippen molar-refractivity contribution in [2.45, 2.75) is 46.3 Å². The Morgan fingerprint density at radius 3 is 2.85 bits per heavy atom. The topological polar surface area (TPSA) is 159 Å². The van der Waals surface area contributed by atoms with Crippen molar-refractivity contribution in [3.8, 4) is 0 Å². The monoisotopic (exact) mass is 463 g/mol. The fourth-order valence-corrected chi connectivity index (χ4v) is 4.38. The molecule has 0 saturated heterocycles. The fourth-order valence-electron chi connectivity index (χ4n) is 4.38. The van der Waals surface area contributed by atoms with Crippen LogP contribution in [0.2, 0.25) is 0 Å². The first-order valence-electron chi connectivity index (χ1n) is 11.4. The van der Waals surface area contributed by atoms with Gasteiger partial charge in [0.2, 0.25) is 6.41 Å². The zero-order valence-electron chi connectivity index (χ0n) is 19.5. The summed E-state index contributed by atoms with van der Waals surface area (Å²) in [6.45, 7) is 6.66. The summed E-state index contributed by atoms with van der Waals surface area (Å²) in [7, 11) is 0. The lowest BCUT2D eigenvalue weighted by molar-refractivity contribution is -0.676. The molecule has 3 heterocycles. The molecule has 1 amide bonds. The van der Waals surface area contributed by atoms with Crippen molar-refractivity contribution in [2.24, 2.45) is 5.73 Å². The molecule has 0 aliphatic rings. The number of imidazole rings is 1. The minimum atomic E-state index is -0.00958. The van der Waals surface area contributed by atoms with Crippen LogP contribution in [0.25, 0.3) is 22.2 Å². The summed E-state index contributed by atoms with van der Waals surface area (Å²) in [6, 6.07) is 8.27. The van der Waals surface area contributed by atoms with Gasteiger partial charge in [-0.15, -0.1) is 0 Å². The van der Waals surface area contributed by atoms with Crippen LogP contribution in [0.3, 0.4) is 0 Å². The number of nitrogens with one attached hydrogen (secondary N) is 3. The van der Waals surface area contributed by atoms with E-state index in [1.165, 1.54) is 10.5 Å². The minimum Gasteiger partial charge on any atom is -0.381 e. The highest BCUT2D eigenvalue weighted by Gasteiger charge is 2.27. The lowest BCUT2D eigenvalue weighted by Crippen LogP contribution is -2.40. The second-order valence-corrected chi connectivity index (χ2v) is 8.05. The van der Waals surface area contributed by atoms with Gasteiger partial charge in [-0.05, 0) is 50.5 Å². The molecule has 11 nitrogen and oxygen atoms in total. The lowest BCUT2D eigenvalue weighted by atomic mass is 10.1. The molecule has 0 saturated carbocycles. The molecule has 0 unspecified atom stereocenters. The highest BCUT2D eigenvalue weighted by atomic mass is 16.1. The average molecular weight is 464 g/mol. The van der Waals surface area contributed by atoms with E-state index < -0.39 is 0 Å². The van der Waals surface area contributed by atoms with E-state index in [1.807, 2.05) is 0 Å². The molecule has 0 spiro atoms. The zero-order valence-corrected chi connectivity index (χ0v) is 19.5. The molecule has 0 aliphatic heterocycles. The molecule has 3 aromatic heterocycles. The van der Waals surface area contributed by atoms with Crippen molar-refractivity contribution in [1.82, 2.24) is 24.8 Å². The van der Waals surface area contributed by atoms with Crippen LogP contribution in [-0.4, -0.2) is 38.4 Å². The smallest absolute Gasteiger partial charge is 0.277 e. The Morgan fingerprint density at radius 2 is 2.15 bits per heavy atom. The molecule has 0 radical (unpaired) electrons. The number of hydrogen-bond donors (Lipinski definition) is 5. The highest BCUT2D eigenvalue weighted by molar-refractivity contribution is 5.84. The van der Waals surface area contributed by atoms with Crippen LogP contribution in [0.4, 0.5) is 11.6 Å². The molecule has 1 aromatic carbocycles. The first-order valence-corrected chi connectivity index (χ1v) is 11.4. The van der Waals surface area contributed by atoms with Gasteiger partial charge in [0.15, 0.2) is 34.3 Å². The van der Waals surface area contributed by atoms with Gasteiger partial charge in [-0.1, -0.05) is 6.07 Å². The third kappa shape index (κ3) is 4.36. The summed E-state index contributed by atoms with van der Waals surface area (Å²) in [5, 5.41) is 10.1. The van der Waals surface area contributed by atoms with Gasteiger partial charge >= 0.3 is 0 Å². The summed E-state index contributed by atoms with van der Waals surface area (Å²) >= 11 is 0. The van der Waals surface area contributed by atoms with Crippen LogP contribution in [-0.2, 0) is 30.8 Å². The third-order valence-electron chi connectivity index (χ3n) is 5.94. The number of H-pyrrole nitrogens is 1. The zero-order chi connectivity index (χ0) is 24.2. The molecule has 4 rings (SSSR count). The quantitative estimate of drug-likeness (QED) is 0.0786. The van der Waals surface area contributed by atoms with Gasteiger partial charge < -0.3 is 21.8 Å². The molecule has 0 aliphatic carbocycles. The van der Waals surface area contributed by atoms with Gasteiger partial charge in [0, 0.05) is 12.7 Å². The molecule has 7 N–H and O–H groups in total. The Bertz CT molecular complexity index is 1340. The number of fused-ring (bicyclic) bond motifs is 2. The maximum absolute atomic E-state index is 12.1. The number of guanidine groups is 1. The summed E-state index contributed by atoms with van der Waals surface area (Å²) in [6.07, 6.45) is 4.24. The number of aromatic nitrogens is 5. The molecular weight excluding hydrogens is 432 g/mol. The number of carbonyl (C=O) groups is 1. The van der Waals surface area contributed by atoms with Gasteiger partial charge in [-0.3, -0.25) is 15.1 Å². The van der Waals surface area contributed by atoms with Crippen molar-refractivity contribution in [2.75, 3.05) is 17.2 Å². The van der Waals surface area contributed by atoms with Gasteiger partial charge in [-0.2, -0.15) is 0 Å². The molecule has 178 valence electrons. The van der Waals surface area contributed by atoms with Crippen LogP contribution in [0.1, 0.15) is 31.7 Å². The maximum atomic E-state index is 12.1. The number of hydrogen-bond acceptors (Lipinski definition) is 5. The summed E-state index contributed by atoms with van der Waals surface area (Å²) in [4.78, 5) is 25.6. The van der Waals surface area contributed by atoms with E-state index in [1.54, 1.807) is 12.3 Å². The van der Waals surface area contributed by atoms with Crippen LogP contribution in [0.5, 0.6) is 0 Å². The average Bonchev–Trinajstić information content (AvgIpc) is 3.40. The molecule has 0 fully saturated rings. The van der Waals surface area contributed by atoms with Crippen LogP contribution >= 0.6 is 0 Å². The van der Waals surface area contributed by atoms with E-state index in [2.05, 4.69) is 61.4 Å². The number of aryl methyl sites for hydroxylation is 3. The van der Waals surface area contributed by atoms with E-state index >= 15 is 0 Å². The van der Waals surface area contributed by atoms with E-state index in [9.17, 15) is 4.79 Å². The van der Waals surface area contributed by atoms with Gasteiger partial charge in [0.05, 0.1) is 13.1 Å². The molecule has 4 aromatic rings. The number of nitrogens with two attached hydrogens (primary N) is 2. The first kappa shape index (κ1) is 23.0. The second-order valence-electron chi connectivity index (χ2n) is 8.05. The predicted molar refractivity (Wildman–Crippen MR) is 132 cm³/mol. The molecule has 11 heteroatoms. The molecule has 34 heavy (non-hydrogen) atoms. The number of carbonyl (C=O) groups excluding carboxylic acids is 1. The second kappa shape index (κ2) is 9.77. The SMILES string of the molecule is CCn1c(CN(C=O)c2nc3cc[nH]c3nc2N)[n+](CC)c2ccc(CCCNC(=N)N)cc21. The van der Waals surface area contributed by atoms with Crippen molar-refractivity contribution < 1.29 is 9.36 Å². The van der Waals surface area contributed by atoms with Crippen molar-refractivity contribution in [3.05, 3.63) is 41.9 Å². The summed E-state index contributed by atoms with van der Waals surface area (Å²) in [5.74, 6) is 1.52. The summed E-state index contributed by atoms with van der Waals surface area (Å²) in [5.41, 5.74) is 16.2. The minimum absolute atomic E-state index is 0.00958. The number of nitrogens with zero attached hydrogens (tertiary/aromatic N) is 5. The largest absolute Gasteiger partial charge is 0.381 e. The Labute approximate surface area is 197 Å². The number of benzene rings is 1. The Balaban J connectivity index is 1.69. The van der Waals surface area contributed by atoms with Gasteiger partial charge in [-0.25, -0.2) is 19.1 Å². The van der Waals surface area contributed by atoms with Crippen LogP contribution < -0.4 is 26.3 Å². The summed E-state index contributed by atoms with van der Waals surface area (Å²) < 4.78 is 4.44. The van der Waals surface area contributed by atoms with Crippen molar-refractivity contribution in [1.29, 1.82) is 5.41 Å². The number of aromatic amines is 1. The standard InChI is InChI=1S/C23H31N10O/c1-3-32-17-8-7-15(6-5-10-28-23(25)26)12-18(17)33(4-2)19(32)13-31(14-34)22-20(24)30-21-16(29-22)9-11-27-21/h7-9,11-12,14H,3-6,10,13H2,1-2H3,(H3,24,27,30)(H4,25,26,28)/q+1.